The number of hydrogen-bond donors (Lipinski definition) is 1. The molecule has 2 aromatic rings. The zero-order chi connectivity index (χ0) is 12.4. The van der Waals surface area contributed by atoms with Crippen molar-refractivity contribution >= 4 is 16.5 Å². The van der Waals surface area contributed by atoms with E-state index in [9.17, 15) is 0 Å². The van der Waals surface area contributed by atoms with Crippen molar-refractivity contribution in [3.63, 3.8) is 0 Å². The average molecular weight is 252 g/mol. The van der Waals surface area contributed by atoms with Gasteiger partial charge in [0.25, 0.3) is 5.89 Å². The molecule has 17 heavy (non-hydrogen) atoms. The molecule has 2 heterocycles. The second-order valence-electron chi connectivity index (χ2n) is 4.34. The van der Waals surface area contributed by atoms with Gasteiger partial charge >= 0.3 is 0 Å². The van der Waals surface area contributed by atoms with E-state index in [0.29, 0.717) is 11.8 Å². The summed E-state index contributed by atoms with van der Waals surface area (Å²) in [5.74, 6) is 1.82. The topological polar surface area (TPSA) is 63.8 Å². The molecule has 0 fully saturated rings. The van der Waals surface area contributed by atoms with Crippen LogP contribution in [0, 0.1) is 12.8 Å². The van der Waals surface area contributed by atoms with Crippen LogP contribution in [-0.4, -0.2) is 21.6 Å². The van der Waals surface area contributed by atoms with Crippen LogP contribution in [-0.2, 0) is 6.42 Å². The van der Waals surface area contributed by atoms with Gasteiger partial charge in [0, 0.05) is 13.5 Å². The summed E-state index contributed by atoms with van der Waals surface area (Å²) in [6, 6.07) is 0. The summed E-state index contributed by atoms with van der Waals surface area (Å²) in [4.78, 5) is 4.41. The first kappa shape index (κ1) is 12.0. The normalized spacial score (nSPS) is 11.1. The van der Waals surface area contributed by atoms with Gasteiger partial charge in [-0.15, -0.1) is 0 Å². The molecule has 2 aromatic heterocycles. The fourth-order valence-electron chi connectivity index (χ4n) is 1.60. The van der Waals surface area contributed by atoms with Gasteiger partial charge in [0.1, 0.15) is 5.00 Å². The fourth-order valence-corrected chi connectivity index (χ4v) is 2.33. The number of hydrogen-bond acceptors (Lipinski definition) is 6. The van der Waals surface area contributed by atoms with Gasteiger partial charge in [-0.05, 0) is 24.4 Å². The summed E-state index contributed by atoms with van der Waals surface area (Å²) < 4.78 is 9.58. The Hall–Kier alpha value is -1.43. The summed E-state index contributed by atoms with van der Waals surface area (Å²) in [7, 11) is 1.86. The first-order chi connectivity index (χ1) is 8.11. The number of anilines is 1. The molecule has 0 aromatic carbocycles. The predicted octanol–water partition coefficient (Wildman–Crippen LogP) is 2.74. The highest BCUT2D eigenvalue weighted by Gasteiger charge is 2.18. The Kier molecular flexibility index (Phi) is 3.42. The standard InChI is InChI=1S/C11H16N4OS/c1-6(2)5-8-13-10(16-14-8)9-7(3)15-17-11(9)12-4/h6,12H,5H2,1-4H3. The van der Waals surface area contributed by atoms with Crippen LogP contribution in [0.15, 0.2) is 4.52 Å². The molecule has 6 heteroatoms. The van der Waals surface area contributed by atoms with E-state index >= 15 is 0 Å². The lowest BCUT2D eigenvalue weighted by Gasteiger charge is -1.97. The fraction of sp³-hybridized carbons (Fsp3) is 0.545. The minimum Gasteiger partial charge on any atom is -0.378 e. The number of nitrogens with one attached hydrogen (secondary N) is 1. The van der Waals surface area contributed by atoms with E-state index in [-0.39, 0.29) is 0 Å². The molecule has 2 rings (SSSR count). The van der Waals surface area contributed by atoms with E-state index in [2.05, 4.69) is 33.7 Å². The molecule has 0 bridgehead atoms. The highest BCUT2D eigenvalue weighted by atomic mass is 32.1. The Bertz CT molecular complexity index is 503. The number of nitrogens with zero attached hydrogens (tertiary/aromatic N) is 3. The molecule has 0 atom stereocenters. The minimum absolute atomic E-state index is 0.519. The van der Waals surface area contributed by atoms with Crippen LogP contribution in [0.4, 0.5) is 5.00 Å². The number of aromatic nitrogens is 3. The van der Waals surface area contributed by atoms with Crippen LogP contribution in [0.5, 0.6) is 0 Å². The third-order valence-electron chi connectivity index (χ3n) is 2.36. The molecule has 0 spiro atoms. The Balaban J connectivity index is 2.33. The van der Waals surface area contributed by atoms with Crippen molar-refractivity contribution in [1.82, 2.24) is 14.5 Å². The Labute approximate surface area is 104 Å². The molecular formula is C11H16N4OS. The van der Waals surface area contributed by atoms with Crippen molar-refractivity contribution in [3.05, 3.63) is 11.5 Å². The molecule has 0 aliphatic rings. The lowest BCUT2D eigenvalue weighted by molar-refractivity contribution is 0.417. The highest BCUT2D eigenvalue weighted by Crippen LogP contribution is 2.33. The molecule has 92 valence electrons. The zero-order valence-electron chi connectivity index (χ0n) is 10.4. The Morgan fingerprint density at radius 3 is 2.82 bits per heavy atom. The van der Waals surface area contributed by atoms with Gasteiger partial charge in [0.05, 0.1) is 11.3 Å². The smallest absolute Gasteiger partial charge is 0.262 e. The summed E-state index contributed by atoms with van der Waals surface area (Å²) in [5.41, 5.74) is 1.83. The van der Waals surface area contributed by atoms with Crippen molar-refractivity contribution in [2.24, 2.45) is 5.92 Å². The van der Waals surface area contributed by atoms with Crippen LogP contribution in [0.25, 0.3) is 11.5 Å². The van der Waals surface area contributed by atoms with Gasteiger partial charge in [-0.3, -0.25) is 0 Å². The van der Waals surface area contributed by atoms with Crippen molar-refractivity contribution in [2.45, 2.75) is 27.2 Å². The van der Waals surface area contributed by atoms with E-state index in [1.807, 2.05) is 14.0 Å². The maximum absolute atomic E-state index is 5.30. The van der Waals surface area contributed by atoms with E-state index < -0.39 is 0 Å². The van der Waals surface area contributed by atoms with Crippen LogP contribution < -0.4 is 5.32 Å². The molecule has 0 radical (unpaired) electrons. The summed E-state index contributed by atoms with van der Waals surface area (Å²) >= 11 is 1.41. The average Bonchev–Trinajstić information content (AvgIpc) is 2.83. The van der Waals surface area contributed by atoms with E-state index in [0.717, 1.165) is 28.5 Å². The number of rotatable bonds is 4. The molecule has 5 nitrogen and oxygen atoms in total. The van der Waals surface area contributed by atoms with Crippen LogP contribution >= 0.6 is 11.5 Å². The Morgan fingerprint density at radius 2 is 2.18 bits per heavy atom. The Morgan fingerprint density at radius 1 is 1.41 bits per heavy atom. The van der Waals surface area contributed by atoms with E-state index in [1.165, 1.54) is 11.5 Å². The van der Waals surface area contributed by atoms with Gasteiger partial charge in [-0.1, -0.05) is 19.0 Å². The predicted molar refractivity (Wildman–Crippen MR) is 68.2 cm³/mol. The second kappa shape index (κ2) is 4.83. The lowest BCUT2D eigenvalue weighted by Crippen LogP contribution is -1.96. The van der Waals surface area contributed by atoms with Gasteiger partial charge in [-0.2, -0.15) is 9.36 Å². The molecule has 0 saturated heterocycles. The van der Waals surface area contributed by atoms with Gasteiger partial charge in [0.2, 0.25) is 0 Å². The third kappa shape index (κ3) is 2.46. The molecule has 1 N–H and O–H groups in total. The van der Waals surface area contributed by atoms with Gasteiger partial charge in [0.15, 0.2) is 5.82 Å². The third-order valence-corrected chi connectivity index (χ3v) is 3.32. The minimum atomic E-state index is 0.519. The first-order valence-corrected chi connectivity index (χ1v) is 6.36. The maximum atomic E-state index is 5.30. The van der Waals surface area contributed by atoms with Gasteiger partial charge < -0.3 is 9.84 Å². The summed E-state index contributed by atoms with van der Waals surface area (Å²) in [5, 5.41) is 8.05. The van der Waals surface area contributed by atoms with Crippen LogP contribution in [0.3, 0.4) is 0 Å². The molecule has 0 saturated carbocycles. The van der Waals surface area contributed by atoms with Crippen molar-refractivity contribution in [3.8, 4) is 11.5 Å². The van der Waals surface area contributed by atoms with Crippen molar-refractivity contribution < 1.29 is 4.52 Å². The lowest BCUT2D eigenvalue weighted by atomic mass is 10.1. The highest BCUT2D eigenvalue weighted by molar-refractivity contribution is 7.10. The van der Waals surface area contributed by atoms with Crippen molar-refractivity contribution in [2.75, 3.05) is 12.4 Å². The maximum Gasteiger partial charge on any atom is 0.262 e. The second-order valence-corrected chi connectivity index (χ2v) is 5.11. The van der Waals surface area contributed by atoms with E-state index in [1.54, 1.807) is 0 Å². The molecule has 0 amide bonds. The SMILES string of the molecule is CNc1snc(C)c1-c1nc(CC(C)C)no1. The number of aryl methyl sites for hydroxylation is 1. The first-order valence-electron chi connectivity index (χ1n) is 5.58. The largest absolute Gasteiger partial charge is 0.378 e. The monoisotopic (exact) mass is 252 g/mol. The van der Waals surface area contributed by atoms with Crippen LogP contribution in [0.2, 0.25) is 0 Å². The van der Waals surface area contributed by atoms with Gasteiger partial charge in [-0.25, -0.2) is 0 Å². The molecule has 0 aliphatic carbocycles. The molecule has 0 aliphatic heterocycles. The molecule has 0 unspecified atom stereocenters. The summed E-state index contributed by atoms with van der Waals surface area (Å²) in [6.07, 6.45) is 0.828. The van der Waals surface area contributed by atoms with Crippen molar-refractivity contribution in [1.29, 1.82) is 0 Å². The molecular weight excluding hydrogens is 236 g/mol. The van der Waals surface area contributed by atoms with Crippen LogP contribution in [0.1, 0.15) is 25.4 Å². The zero-order valence-corrected chi connectivity index (χ0v) is 11.3. The van der Waals surface area contributed by atoms with E-state index in [4.69, 9.17) is 4.52 Å². The summed E-state index contributed by atoms with van der Waals surface area (Å²) in [6.45, 7) is 6.21. The quantitative estimate of drug-likeness (QED) is 0.906.